The van der Waals surface area contributed by atoms with Crippen LogP contribution < -0.4 is 10.2 Å². The number of carbonyl (C=O) groups excluding carboxylic acids is 1. The number of alkyl halides is 6. The molecule has 2 aromatic carbocycles. The molecule has 27 heavy (non-hydrogen) atoms. The van der Waals surface area contributed by atoms with Crippen LogP contribution in [0.15, 0.2) is 42.5 Å². The summed E-state index contributed by atoms with van der Waals surface area (Å²) in [7, 11) is 3.61. The second-order valence-corrected chi connectivity index (χ2v) is 6.04. The van der Waals surface area contributed by atoms with Crippen molar-refractivity contribution in [1.82, 2.24) is 5.32 Å². The van der Waals surface area contributed by atoms with Crippen molar-refractivity contribution >= 4 is 11.6 Å². The minimum atomic E-state index is -4.93. The normalized spacial score (nSPS) is 12.0. The van der Waals surface area contributed by atoms with Gasteiger partial charge in [0, 0.05) is 31.9 Å². The lowest BCUT2D eigenvalue weighted by atomic mass is 10.0. The van der Waals surface area contributed by atoms with Gasteiger partial charge in [-0.1, -0.05) is 0 Å². The quantitative estimate of drug-likeness (QED) is 0.767. The highest BCUT2D eigenvalue weighted by Crippen LogP contribution is 2.36. The van der Waals surface area contributed by atoms with Crippen LogP contribution in [-0.4, -0.2) is 20.0 Å². The highest BCUT2D eigenvalue weighted by molar-refractivity contribution is 5.94. The largest absolute Gasteiger partial charge is 0.416 e. The SMILES string of the molecule is CN(C)c1ccc(C(=O)NCc2cc(C(F)(F)F)cc(C(F)(F)F)c2)cc1. The van der Waals surface area contributed by atoms with Crippen molar-refractivity contribution in [3.8, 4) is 0 Å². The lowest BCUT2D eigenvalue weighted by molar-refractivity contribution is -0.143. The Morgan fingerprint density at radius 2 is 1.37 bits per heavy atom. The van der Waals surface area contributed by atoms with E-state index in [1.54, 1.807) is 26.2 Å². The van der Waals surface area contributed by atoms with E-state index in [1.165, 1.54) is 12.1 Å². The van der Waals surface area contributed by atoms with Gasteiger partial charge in [-0.2, -0.15) is 26.3 Å². The van der Waals surface area contributed by atoms with Crippen molar-refractivity contribution < 1.29 is 31.1 Å². The van der Waals surface area contributed by atoms with E-state index in [0.29, 0.717) is 12.1 Å². The molecular formula is C18H16F6N2O. The Morgan fingerprint density at radius 1 is 0.889 bits per heavy atom. The summed E-state index contributed by atoms with van der Waals surface area (Å²) in [6.07, 6.45) is -9.86. The summed E-state index contributed by atoms with van der Waals surface area (Å²) in [6.45, 7) is -0.471. The fourth-order valence-electron chi connectivity index (χ4n) is 2.32. The van der Waals surface area contributed by atoms with Crippen LogP contribution in [0.3, 0.4) is 0 Å². The molecule has 0 aliphatic rings. The maximum atomic E-state index is 12.8. The number of nitrogens with zero attached hydrogens (tertiary/aromatic N) is 1. The topological polar surface area (TPSA) is 32.3 Å². The van der Waals surface area contributed by atoms with Gasteiger partial charge in [-0.15, -0.1) is 0 Å². The van der Waals surface area contributed by atoms with Crippen molar-refractivity contribution in [1.29, 1.82) is 0 Å². The van der Waals surface area contributed by atoms with Crippen molar-refractivity contribution in [2.24, 2.45) is 0 Å². The summed E-state index contributed by atoms with van der Waals surface area (Å²) in [6, 6.07) is 7.58. The third-order valence-electron chi connectivity index (χ3n) is 3.75. The molecule has 3 nitrogen and oxygen atoms in total. The third kappa shape index (κ3) is 5.38. The number of hydrogen-bond donors (Lipinski definition) is 1. The summed E-state index contributed by atoms with van der Waals surface area (Å²) in [5.41, 5.74) is -2.06. The summed E-state index contributed by atoms with van der Waals surface area (Å²) < 4.78 is 77.1. The van der Waals surface area contributed by atoms with E-state index >= 15 is 0 Å². The third-order valence-corrected chi connectivity index (χ3v) is 3.75. The van der Waals surface area contributed by atoms with Crippen LogP contribution in [0.1, 0.15) is 27.0 Å². The number of nitrogens with one attached hydrogen (secondary N) is 1. The Morgan fingerprint density at radius 3 is 1.78 bits per heavy atom. The van der Waals surface area contributed by atoms with Gasteiger partial charge < -0.3 is 10.2 Å². The first kappa shape index (κ1) is 20.6. The average Bonchev–Trinajstić information content (AvgIpc) is 2.58. The average molecular weight is 390 g/mol. The van der Waals surface area contributed by atoms with Gasteiger partial charge in [0.1, 0.15) is 0 Å². The first-order valence-corrected chi connectivity index (χ1v) is 7.72. The van der Waals surface area contributed by atoms with Crippen molar-refractivity contribution in [3.05, 3.63) is 64.7 Å². The molecule has 0 fully saturated rings. The summed E-state index contributed by atoms with van der Waals surface area (Å²) in [4.78, 5) is 13.9. The van der Waals surface area contributed by atoms with Gasteiger partial charge >= 0.3 is 12.4 Å². The molecule has 0 unspecified atom stereocenters. The Hall–Kier alpha value is -2.71. The van der Waals surface area contributed by atoms with E-state index in [0.717, 1.165) is 5.69 Å². The second kappa shape index (κ2) is 7.50. The first-order chi connectivity index (χ1) is 12.4. The summed E-state index contributed by atoms with van der Waals surface area (Å²) in [5.74, 6) is -0.605. The van der Waals surface area contributed by atoms with Crippen LogP contribution in [0, 0.1) is 0 Å². The molecule has 146 valence electrons. The van der Waals surface area contributed by atoms with Crippen LogP contribution in [-0.2, 0) is 18.9 Å². The molecule has 2 aromatic rings. The number of anilines is 1. The highest BCUT2D eigenvalue weighted by atomic mass is 19.4. The Bertz CT molecular complexity index is 778. The number of halogens is 6. The van der Waals surface area contributed by atoms with Gasteiger partial charge in [0.2, 0.25) is 0 Å². The Kier molecular flexibility index (Phi) is 5.72. The van der Waals surface area contributed by atoms with E-state index in [2.05, 4.69) is 5.32 Å². The van der Waals surface area contributed by atoms with Gasteiger partial charge in [0.25, 0.3) is 5.91 Å². The number of amides is 1. The number of hydrogen-bond acceptors (Lipinski definition) is 2. The summed E-state index contributed by atoms with van der Waals surface area (Å²) >= 11 is 0. The molecule has 9 heteroatoms. The number of benzene rings is 2. The van der Waals surface area contributed by atoms with E-state index in [1.807, 2.05) is 4.90 Å². The van der Waals surface area contributed by atoms with Gasteiger partial charge in [0.05, 0.1) is 11.1 Å². The van der Waals surface area contributed by atoms with Crippen LogP contribution in [0.25, 0.3) is 0 Å². The number of carbonyl (C=O) groups is 1. The van der Waals surface area contributed by atoms with E-state index in [9.17, 15) is 31.1 Å². The van der Waals surface area contributed by atoms with Crippen LogP contribution in [0.5, 0.6) is 0 Å². The molecule has 0 saturated carbocycles. The summed E-state index contributed by atoms with van der Waals surface area (Å²) in [5, 5.41) is 2.33. The molecule has 0 atom stereocenters. The van der Waals surface area contributed by atoms with E-state index < -0.39 is 35.9 Å². The predicted molar refractivity (Wildman–Crippen MR) is 88.4 cm³/mol. The molecule has 1 amide bonds. The minimum Gasteiger partial charge on any atom is -0.378 e. The molecule has 0 spiro atoms. The molecule has 0 aliphatic heterocycles. The van der Waals surface area contributed by atoms with Gasteiger partial charge in [-0.3, -0.25) is 4.79 Å². The zero-order valence-electron chi connectivity index (χ0n) is 14.4. The molecule has 0 radical (unpaired) electrons. The molecule has 0 aliphatic carbocycles. The fourth-order valence-corrected chi connectivity index (χ4v) is 2.32. The van der Waals surface area contributed by atoms with Crippen LogP contribution >= 0.6 is 0 Å². The van der Waals surface area contributed by atoms with Crippen molar-refractivity contribution in [2.75, 3.05) is 19.0 Å². The zero-order chi connectivity index (χ0) is 20.4. The fraction of sp³-hybridized carbons (Fsp3) is 0.278. The van der Waals surface area contributed by atoms with Crippen molar-refractivity contribution in [2.45, 2.75) is 18.9 Å². The van der Waals surface area contributed by atoms with Crippen molar-refractivity contribution in [3.63, 3.8) is 0 Å². The molecule has 0 heterocycles. The van der Waals surface area contributed by atoms with Crippen LogP contribution in [0.4, 0.5) is 32.0 Å². The molecule has 2 rings (SSSR count). The predicted octanol–water partition coefficient (Wildman–Crippen LogP) is 4.72. The number of rotatable bonds is 4. The Balaban J connectivity index is 2.20. The molecular weight excluding hydrogens is 374 g/mol. The van der Waals surface area contributed by atoms with E-state index in [4.69, 9.17) is 0 Å². The smallest absolute Gasteiger partial charge is 0.378 e. The Labute approximate surface area is 151 Å². The lowest BCUT2D eigenvalue weighted by Crippen LogP contribution is -2.23. The second-order valence-electron chi connectivity index (χ2n) is 6.04. The van der Waals surface area contributed by atoms with E-state index in [-0.39, 0.29) is 17.2 Å². The highest BCUT2D eigenvalue weighted by Gasteiger charge is 2.36. The maximum absolute atomic E-state index is 12.8. The first-order valence-electron chi connectivity index (χ1n) is 7.72. The monoisotopic (exact) mass is 390 g/mol. The lowest BCUT2D eigenvalue weighted by Gasteiger charge is -2.15. The molecule has 0 saturated heterocycles. The van der Waals surface area contributed by atoms with Gasteiger partial charge in [0.15, 0.2) is 0 Å². The molecule has 0 bridgehead atoms. The van der Waals surface area contributed by atoms with Gasteiger partial charge in [-0.25, -0.2) is 0 Å². The van der Waals surface area contributed by atoms with Gasteiger partial charge in [-0.05, 0) is 48.0 Å². The van der Waals surface area contributed by atoms with Crippen LogP contribution in [0.2, 0.25) is 0 Å². The minimum absolute atomic E-state index is 0.0469. The maximum Gasteiger partial charge on any atom is 0.416 e. The molecule has 1 N–H and O–H groups in total. The standard InChI is InChI=1S/C18H16F6N2O/c1-26(2)15-5-3-12(4-6-15)16(27)25-10-11-7-13(17(19,20)21)9-14(8-11)18(22,23)24/h3-9H,10H2,1-2H3,(H,25,27). The molecule has 0 aromatic heterocycles. The zero-order valence-corrected chi connectivity index (χ0v) is 14.4.